The van der Waals surface area contributed by atoms with Crippen molar-refractivity contribution < 1.29 is 9.90 Å². The smallest absolute Gasteiger partial charge is 0.304 e. The predicted molar refractivity (Wildman–Crippen MR) is 68.7 cm³/mol. The number of thioether (sulfide) groups is 1. The lowest BCUT2D eigenvalue weighted by Gasteiger charge is -2.08. The molecular formula is C10H15BrN2O2S. The SMILES string of the molecule is Cc1nn(C)c(CSC(C)CC(=O)O)c1Br. The van der Waals surface area contributed by atoms with Gasteiger partial charge in [-0.25, -0.2) is 0 Å². The van der Waals surface area contributed by atoms with Gasteiger partial charge in [-0.3, -0.25) is 9.48 Å². The first-order valence-corrected chi connectivity index (χ1v) is 6.77. The number of hydrogen-bond donors (Lipinski definition) is 1. The van der Waals surface area contributed by atoms with Gasteiger partial charge in [0.15, 0.2) is 0 Å². The summed E-state index contributed by atoms with van der Waals surface area (Å²) in [6, 6.07) is 0. The molecule has 1 aromatic heterocycles. The molecule has 1 unspecified atom stereocenters. The fraction of sp³-hybridized carbons (Fsp3) is 0.600. The van der Waals surface area contributed by atoms with Gasteiger partial charge < -0.3 is 5.11 Å². The highest BCUT2D eigenvalue weighted by atomic mass is 79.9. The topological polar surface area (TPSA) is 55.1 Å². The second kappa shape index (κ2) is 5.72. The van der Waals surface area contributed by atoms with Gasteiger partial charge in [-0.05, 0) is 22.9 Å². The van der Waals surface area contributed by atoms with Crippen molar-refractivity contribution in [3.8, 4) is 0 Å². The average molecular weight is 307 g/mol. The summed E-state index contributed by atoms with van der Waals surface area (Å²) in [5.74, 6) is 0.0204. The van der Waals surface area contributed by atoms with E-state index in [1.807, 2.05) is 25.6 Å². The Bertz CT molecular complexity index is 392. The van der Waals surface area contributed by atoms with Crippen LogP contribution in [-0.2, 0) is 17.6 Å². The molecule has 0 saturated heterocycles. The number of halogens is 1. The van der Waals surface area contributed by atoms with Crippen molar-refractivity contribution in [2.45, 2.75) is 31.3 Å². The normalized spacial score (nSPS) is 12.8. The average Bonchev–Trinajstić information content (AvgIpc) is 2.38. The van der Waals surface area contributed by atoms with Gasteiger partial charge in [0.25, 0.3) is 0 Å². The first-order valence-electron chi connectivity index (χ1n) is 4.93. The van der Waals surface area contributed by atoms with Gasteiger partial charge in [0.05, 0.1) is 22.3 Å². The molecule has 1 rings (SSSR count). The summed E-state index contributed by atoms with van der Waals surface area (Å²) in [6.07, 6.45) is 0.194. The molecule has 0 amide bonds. The second-order valence-electron chi connectivity index (χ2n) is 3.69. The molecule has 1 aromatic rings. The van der Waals surface area contributed by atoms with Crippen LogP contribution in [0.15, 0.2) is 4.47 Å². The van der Waals surface area contributed by atoms with Crippen molar-refractivity contribution in [1.29, 1.82) is 0 Å². The fourth-order valence-electron chi connectivity index (χ4n) is 1.36. The van der Waals surface area contributed by atoms with E-state index in [-0.39, 0.29) is 11.7 Å². The summed E-state index contributed by atoms with van der Waals surface area (Å²) >= 11 is 5.12. The van der Waals surface area contributed by atoms with Crippen LogP contribution in [0.25, 0.3) is 0 Å². The Morgan fingerprint density at radius 2 is 2.31 bits per heavy atom. The summed E-state index contributed by atoms with van der Waals surface area (Å²) < 4.78 is 2.85. The molecule has 90 valence electrons. The van der Waals surface area contributed by atoms with Crippen LogP contribution in [0.1, 0.15) is 24.7 Å². The first-order chi connectivity index (χ1) is 7.41. The van der Waals surface area contributed by atoms with Crippen LogP contribution >= 0.6 is 27.7 Å². The van der Waals surface area contributed by atoms with Gasteiger partial charge in [0.2, 0.25) is 0 Å². The summed E-state index contributed by atoms with van der Waals surface area (Å²) in [5.41, 5.74) is 2.06. The Morgan fingerprint density at radius 3 is 2.75 bits per heavy atom. The van der Waals surface area contributed by atoms with Crippen molar-refractivity contribution in [3.05, 3.63) is 15.9 Å². The molecular weight excluding hydrogens is 292 g/mol. The van der Waals surface area contributed by atoms with E-state index in [9.17, 15) is 4.79 Å². The van der Waals surface area contributed by atoms with Crippen molar-refractivity contribution in [2.75, 3.05) is 0 Å². The van der Waals surface area contributed by atoms with Gasteiger partial charge in [-0.15, -0.1) is 0 Å². The van der Waals surface area contributed by atoms with E-state index in [0.717, 1.165) is 21.6 Å². The molecule has 1 atom stereocenters. The van der Waals surface area contributed by atoms with Gasteiger partial charge in [0.1, 0.15) is 0 Å². The summed E-state index contributed by atoms with van der Waals surface area (Å²) in [5, 5.41) is 13.1. The van der Waals surface area contributed by atoms with Gasteiger partial charge in [-0.1, -0.05) is 6.92 Å². The minimum atomic E-state index is -0.750. The zero-order valence-corrected chi connectivity index (χ0v) is 11.9. The minimum Gasteiger partial charge on any atom is -0.481 e. The molecule has 0 spiro atoms. The number of carbonyl (C=O) groups is 1. The van der Waals surface area contributed by atoms with Crippen LogP contribution in [-0.4, -0.2) is 26.1 Å². The zero-order chi connectivity index (χ0) is 12.3. The molecule has 0 aliphatic carbocycles. The van der Waals surface area contributed by atoms with Crippen LogP contribution < -0.4 is 0 Å². The van der Waals surface area contributed by atoms with E-state index in [0.29, 0.717) is 0 Å². The lowest BCUT2D eigenvalue weighted by molar-refractivity contribution is -0.136. The molecule has 6 heteroatoms. The molecule has 1 N–H and O–H groups in total. The maximum absolute atomic E-state index is 10.5. The van der Waals surface area contributed by atoms with E-state index < -0.39 is 5.97 Å². The molecule has 4 nitrogen and oxygen atoms in total. The number of carboxylic acids is 1. The quantitative estimate of drug-likeness (QED) is 0.908. The number of aryl methyl sites for hydroxylation is 2. The Labute approximate surface area is 108 Å². The third kappa shape index (κ3) is 3.52. The first kappa shape index (κ1) is 13.6. The predicted octanol–water partition coefficient (Wildman–Crippen LogP) is 2.59. The standard InChI is InChI=1S/C10H15BrN2O2S/c1-6(4-9(14)15)16-5-8-10(11)7(2)12-13(8)3/h6H,4-5H2,1-3H3,(H,14,15). The van der Waals surface area contributed by atoms with Crippen LogP contribution in [0.3, 0.4) is 0 Å². The van der Waals surface area contributed by atoms with Crippen molar-refractivity contribution >= 4 is 33.7 Å². The highest BCUT2D eigenvalue weighted by Crippen LogP contribution is 2.27. The third-order valence-corrected chi connectivity index (χ3v) is 4.44. The van der Waals surface area contributed by atoms with E-state index in [2.05, 4.69) is 21.0 Å². The Balaban J connectivity index is 2.57. The van der Waals surface area contributed by atoms with Crippen LogP contribution in [0, 0.1) is 6.92 Å². The van der Waals surface area contributed by atoms with Crippen molar-refractivity contribution in [3.63, 3.8) is 0 Å². The summed E-state index contributed by atoms with van der Waals surface area (Å²) in [4.78, 5) is 10.5. The zero-order valence-electron chi connectivity index (χ0n) is 9.53. The lowest BCUT2D eigenvalue weighted by atomic mass is 10.3. The number of rotatable bonds is 5. The van der Waals surface area contributed by atoms with Crippen LogP contribution in [0.4, 0.5) is 0 Å². The number of nitrogens with zero attached hydrogens (tertiary/aromatic N) is 2. The molecule has 0 fully saturated rings. The monoisotopic (exact) mass is 306 g/mol. The highest BCUT2D eigenvalue weighted by molar-refractivity contribution is 9.10. The lowest BCUT2D eigenvalue weighted by Crippen LogP contribution is -2.07. The molecule has 0 aromatic carbocycles. The molecule has 0 saturated carbocycles. The van der Waals surface area contributed by atoms with Crippen molar-refractivity contribution in [2.24, 2.45) is 7.05 Å². The molecule has 0 aliphatic rings. The molecule has 0 radical (unpaired) electrons. The van der Waals surface area contributed by atoms with E-state index in [1.54, 1.807) is 11.8 Å². The molecule has 0 aliphatic heterocycles. The van der Waals surface area contributed by atoms with Crippen LogP contribution in [0.5, 0.6) is 0 Å². The maximum Gasteiger partial charge on any atom is 0.304 e. The maximum atomic E-state index is 10.5. The number of carboxylic acid groups (broad SMARTS) is 1. The van der Waals surface area contributed by atoms with Gasteiger partial charge in [-0.2, -0.15) is 16.9 Å². The van der Waals surface area contributed by atoms with Gasteiger partial charge in [0, 0.05) is 18.1 Å². The van der Waals surface area contributed by atoms with E-state index >= 15 is 0 Å². The largest absolute Gasteiger partial charge is 0.481 e. The second-order valence-corrected chi connectivity index (χ2v) is 5.91. The highest BCUT2D eigenvalue weighted by Gasteiger charge is 2.13. The Kier molecular flexibility index (Phi) is 4.86. The van der Waals surface area contributed by atoms with Crippen molar-refractivity contribution in [1.82, 2.24) is 9.78 Å². The molecule has 16 heavy (non-hydrogen) atoms. The number of hydrogen-bond acceptors (Lipinski definition) is 3. The Morgan fingerprint density at radius 1 is 1.69 bits per heavy atom. The number of aliphatic carboxylic acids is 1. The van der Waals surface area contributed by atoms with Gasteiger partial charge >= 0.3 is 5.97 Å². The van der Waals surface area contributed by atoms with Crippen LogP contribution in [0.2, 0.25) is 0 Å². The summed E-state index contributed by atoms with van der Waals surface area (Å²) in [7, 11) is 1.90. The third-order valence-electron chi connectivity index (χ3n) is 2.23. The summed E-state index contributed by atoms with van der Waals surface area (Å²) in [6.45, 7) is 3.87. The minimum absolute atomic E-state index is 0.111. The molecule has 0 bridgehead atoms. The van der Waals surface area contributed by atoms with E-state index in [4.69, 9.17) is 5.11 Å². The molecule has 1 heterocycles. The number of aromatic nitrogens is 2. The fourth-order valence-corrected chi connectivity index (χ4v) is 3.06. The Hall–Kier alpha value is -0.490. The van der Waals surface area contributed by atoms with E-state index in [1.165, 1.54) is 0 Å².